The van der Waals surface area contributed by atoms with Gasteiger partial charge in [0.2, 0.25) is 0 Å². The van der Waals surface area contributed by atoms with Crippen LogP contribution in [0.3, 0.4) is 0 Å². The fourth-order valence-electron chi connectivity index (χ4n) is 4.00. The number of furan rings is 1. The zero-order chi connectivity index (χ0) is 22.4. The van der Waals surface area contributed by atoms with Crippen molar-refractivity contribution in [3.8, 4) is 0 Å². The van der Waals surface area contributed by atoms with Crippen LogP contribution in [0.5, 0.6) is 0 Å². The Balaban J connectivity index is 0.00000363. The van der Waals surface area contributed by atoms with Crippen LogP contribution in [-0.4, -0.2) is 86.5 Å². The van der Waals surface area contributed by atoms with E-state index in [0.29, 0.717) is 13.1 Å². The molecule has 182 valence electrons. The third-order valence-corrected chi connectivity index (χ3v) is 5.45. The fraction of sp³-hybridized carbons (Fsp3) is 0.727. The molecule has 2 saturated heterocycles. The Kier molecular flexibility index (Phi) is 10.1. The maximum atomic E-state index is 12.1. The van der Waals surface area contributed by atoms with Crippen LogP contribution in [0.15, 0.2) is 21.5 Å². The van der Waals surface area contributed by atoms with Crippen molar-refractivity contribution in [2.75, 3.05) is 53.0 Å². The molecule has 0 radical (unpaired) electrons. The largest absolute Gasteiger partial charge is 0.465 e. The van der Waals surface area contributed by atoms with Crippen molar-refractivity contribution < 1.29 is 18.7 Å². The Labute approximate surface area is 208 Å². The van der Waals surface area contributed by atoms with Gasteiger partial charge in [0.25, 0.3) is 0 Å². The molecule has 1 aromatic rings. The highest BCUT2D eigenvalue weighted by molar-refractivity contribution is 14.0. The molecule has 3 rings (SSSR count). The van der Waals surface area contributed by atoms with Crippen molar-refractivity contribution in [3.63, 3.8) is 0 Å². The summed E-state index contributed by atoms with van der Waals surface area (Å²) in [5.74, 6) is 2.69. The summed E-state index contributed by atoms with van der Waals surface area (Å²) in [5.41, 5.74) is -0.501. The number of aryl methyl sites for hydroxylation is 1. The summed E-state index contributed by atoms with van der Waals surface area (Å²) in [6.07, 6.45) is 0.479. The highest BCUT2D eigenvalue weighted by Gasteiger charge is 2.30. The van der Waals surface area contributed by atoms with E-state index in [1.165, 1.54) is 0 Å². The standard InChI is InChI=1S/C22H37N5O4.HI/c1-16-6-7-19(30-16)18(26-10-12-29-13-11-26)14-24-20(23-5)27-9-8-17(15-27)25-21(28)31-22(2,3)4;/h6-7,17-18H,8-15H2,1-5H3,(H,23,24)(H,25,28);1H. The zero-order valence-electron chi connectivity index (χ0n) is 19.8. The lowest BCUT2D eigenvalue weighted by molar-refractivity contribution is 0.0123. The van der Waals surface area contributed by atoms with E-state index in [4.69, 9.17) is 13.9 Å². The topological polar surface area (TPSA) is 91.6 Å². The number of rotatable bonds is 5. The average Bonchev–Trinajstić information content (AvgIpc) is 3.33. The van der Waals surface area contributed by atoms with Crippen LogP contribution in [0.1, 0.15) is 44.8 Å². The summed E-state index contributed by atoms with van der Waals surface area (Å²) in [6.45, 7) is 13.0. The van der Waals surface area contributed by atoms with Gasteiger partial charge in [0.05, 0.1) is 25.3 Å². The van der Waals surface area contributed by atoms with Gasteiger partial charge in [-0.3, -0.25) is 9.89 Å². The molecule has 3 heterocycles. The van der Waals surface area contributed by atoms with Gasteiger partial charge in [-0.2, -0.15) is 0 Å². The lowest BCUT2D eigenvalue weighted by Crippen LogP contribution is -2.48. The molecule has 10 heteroatoms. The number of nitrogens with zero attached hydrogens (tertiary/aromatic N) is 3. The summed E-state index contributed by atoms with van der Waals surface area (Å²) in [4.78, 5) is 21.1. The van der Waals surface area contributed by atoms with Crippen molar-refractivity contribution in [1.29, 1.82) is 0 Å². The number of morpholine rings is 1. The molecule has 32 heavy (non-hydrogen) atoms. The molecular weight excluding hydrogens is 525 g/mol. The van der Waals surface area contributed by atoms with Crippen LogP contribution in [0.4, 0.5) is 4.79 Å². The number of aliphatic imine (C=N–C) groups is 1. The average molecular weight is 563 g/mol. The molecule has 2 aliphatic heterocycles. The van der Waals surface area contributed by atoms with Gasteiger partial charge in [-0.15, -0.1) is 24.0 Å². The van der Waals surface area contributed by atoms with Gasteiger partial charge in [-0.25, -0.2) is 4.79 Å². The van der Waals surface area contributed by atoms with Crippen LogP contribution in [-0.2, 0) is 9.47 Å². The predicted molar refractivity (Wildman–Crippen MR) is 135 cm³/mol. The number of hydrogen-bond donors (Lipinski definition) is 2. The van der Waals surface area contributed by atoms with Crippen LogP contribution in [0.25, 0.3) is 0 Å². The number of halogens is 1. The van der Waals surface area contributed by atoms with Crippen LogP contribution < -0.4 is 10.6 Å². The molecular formula is C22H38IN5O4. The third-order valence-electron chi connectivity index (χ3n) is 5.45. The van der Waals surface area contributed by atoms with E-state index in [0.717, 1.165) is 56.7 Å². The third kappa shape index (κ3) is 7.80. The Morgan fingerprint density at radius 1 is 1.28 bits per heavy atom. The van der Waals surface area contributed by atoms with Gasteiger partial charge < -0.3 is 29.4 Å². The SMILES string of the molecule is CN=C(NCC(c1ccc(C)o1)N1CCOCC1)N1CCC(NC(=O)OC(C)(C)C)C1.I. The van der Waals surface area contributed by atoms with Crippen molar-refractivity contribution >= 4 is 36.0 Å². The lowest BCUT2D eigenvalue weighted by Gasteiger charge is -2.34. The van der Waals surface area contributed by atoms with Gasteiger partial charge in [-0.05, 0) is 46.2 Å². The number of amides is 1. The number of guanidine groups is 1. The first-order chi connectivity index (χ1) is 14.7. The molecule has 2 N–H and O–H groups in total. The van der Waals surface area contributed by atoms with E-state index in [1.54, 1.807) is 7.05 Å². The Morgan fingerprint density at radius 2 is 2.00 bits per heavy atom. The smallest absolute Gasteiger partial charge is 0.407 e. The summed E-state index contributed by atoms with van der Waals surface area (Å²) >= 11 is 0. The van der Waals surface area contributed by atoms with E-state index < -0.39 is 5.60 Å². The van der Waals surface area contributed by atoms with Gasteiger partial charge in [0, 0.05) is 39.8 Å². The number of likely N-dealkylation sites (tertiary alicyclic amines) is 1. The minimum absolute atomic E-state index is 0. The quantitative estimate of drug-likeness (QED) is 0.324. The number of ether oxygens (including phenoxy) is 2. The van der Waals surface area contributed by atoms with E-state index >= 15 is 0 Å². The van der Waals surface area contributed by atoms with Gasteiger partial charge in [0.1, 0.15) is 17.1 Å². The highest BCUT2D eigenvalue weighted by Crippen LogP contribution is 2.23. The second-order valence-electron chi connectivity index (χ2n) is 9.12. The molecule has 1 amide bonds. The second-order valence-corrected chi connectivity index (χ2v) is 9.12. The molecule has 2 fully saturated rings. The highest BCUT2D eigenvalue weighted by atomic mass is 127. The Hall–Kier alpha value is -1.53. The summed E-state index contributed by atoms with van der Waals surface area (Å²) < 4.78 is 16.9. The summed E-state index contributed by atoms with van der Waals surface area (Å²) in [5, 5.41) is 6.48. The van der Waals surface area contributed by atoms with Crippen molar-refractivity contribution in [2.45, 2.75) is 51.8 Å². The normalized spacial score (nSPS) is 21.1. The molecule has 0 aromatic carbocycles. The molecule has 2 aliphatic rings. The predicted octanol–water partition coefficient (Wildman–Crippen LogP) is 2.75. The number of carbonyl (C=O) groups excluding carboxylic acids is 1. The first-order valence-electron chi connectivity index (χ1n) is 11.1. The van der Waals surface area contributed by atoms with E-state index in [1.807, 2.05) is 33.8 Å². The molecule has 0 saturated carbocycles. The van der Waals surface area contributed by atoms with Crippen molar-refractivity contribution in [2.24, 2.45) is 4.99 Å². The summed E-state index contributed by atoms with van der Waals surface area (Å²) in [6, 6.07) is 4.20. The first-order valence-corrected chi connectivity index (χ1v) is 11.1. The van der Waals surface area contributed by atoms with E-state index in [-0.39, 0.29) is 42.2 Å². The van der Waals surface area contributed by atoms with Gasteiger partial charge in [-0.1, -0.05) is 0 Å². The number of alkyl carbamates (subject to hydrolysis) is 1. The Bertz CT molecular complexity index is 758. The molecule has 2 unspecified atom stereocenters. The lowest BCUT2D eigenvalue weighted by atomic mass is 10.1. The minimum Gasteiger partial charge on any atom is -0.465 e. The molecule has 1 aromatic heterocycles. The molecule has 0 bridgehead atoms. The molecule has 0 spiro atoms. The summed E-state index contributed by atoms with van der Waals surface area (Å²) in [7, 11) is 1.79. The number of carbonyl (C=O) groups is 1. The first kappa shape index (κ1) is 26.7. The second kappa shape index (κ2) is 12.1. The molecule has 9 nitrogen and oxygen atoms in total. The van der Waals surface area contributed by atoms with Gasteiger partial charge in [0.15, 0.2) is 5.96 Å². The van der Waals surface area contributed by atoms with Crippen LogP contribution >= 0.6 is 24.0 Å². The zero-order valence-corrected chi connectivity index (χ0v) is 22.2. The van der Waals surface area contributed by atoms with Crippen LogP contribution in [0, 0.1) is 6.92 Å². The minimum atomic E-state index is -0.501. The molecule has 2 atom stereocenters. The van der Waals surface area contributed by atoms with Crippen LogP contribution in [0.2, 0.25) is 0 Å². The number of nitrogens with one attached hydrogen (secondary N) is 2. The van der Waals surface area contributed by atoms with E-state index in [2.05, 4.69) is 31.5 Å². The maximum Gasteiger partial charge on any atom is 0.407 e. The Morgan fingerprint density at radius 3 is 2.59 bits per heavy atom. The monoisotopic (exact) mass is 563 g/mol. The van der Waals surface area contributed by atoms with Crippen molar-refractivity contribution in [3.05, 3.63) is 23.7 Å². The number of hydrogen-bond acceptors (Lipinski definition) is 6. The maximum absolute atomic E-state index is 12.1. The van der Waals surface area contributed by atoms with E-state index in [9.17, 15) is 4.79 Å². The van der Waals surface area contributed by atoms with Gasteiger partial charge >= 0.3 is 6.09 Å². The van der Waals surface area contributed by atoms with Crippen molar-refractivity contribution in [1.82, 2.24) is 20.4 Å². The molecule has 0 aliphatic carbocycles. The fourth-order valence-corrected chi connectivity index (χ4v) is 4.00.